The number of hydrogen-bond donors (Lipinski definition) is 2. The number of nitrogens with zero attached hydrogens (tertiary/aromatic N) is 1. The van der Waals surface area contributed by atoms with Gasteiger partial charge in [0.15, 0.2) is 5.13 Å². The lowest BCUT2D eigenvalue weighted by Gasteiger charge is -2.03. The molecule has 4 nitrogen and oxygen atoms in total. The minimum absolute atomic E-state index is 0.100. The SMILES string of the molecule is Cc1ccc2nc(NC(=O)c3ccc(I)c(O)c3)sc2c1. The fourth-order valence-corrected chi connectivity index (χ4v) is 3.20. The number of aryl methyl sites for hydroxylation is 1. The van der Waals surface area contributed by atoms with Crippen molar-refractivity contribution in [2.75, 3.05) is 5.32 Å². The van der Waals surface area contributed by atoms with E-state index in [9.17, 15) is 9.90 Å². The summed E-state index contributed by atoms with van der Waals surface area (Å²) in [6.45, 7) is 2.02. The number of benzene rings is 2. The van der Waals surface area contributed by atoms with Gasteiger partial charge in [-0.15, -0.1) is 0 Å². The molecule has 2 N–H and O–H groups in total. The number of fused-ring (bicyclic) bond motifs is 1. The maximum Gasteiger partial charge on any atom is 0.257 e. The molecule has 2 aromatic carbocycles. The maximum atomic E-state index is 12.2. The summed E-state index contributed by atoms with van der Waals surface area (Å²) in [7, 11) is 0. The molecule has 1 heterocycles. The van der Waals surface area contributed by atoms with E-state index in [1.807, 2.05) is 47.7 Å². The summed E-state index contributed by atoms with van der Waals surface area (Å²) in [4.78, 5) is 16.5. The van der Waals surface area contributed by atoms with Gasteiger partial charge in [0.25, 0.3) is 5.91 Å². The molecule has 0 unspecified atom stereocenters. The molecule has 106 valence electrons. The van der Waals surface area contributed by atoms with Crippen LogP contribution in [0.15, 0.2) is 36.4 Å². The lowest BCUT2D eigenvalue weighted by Crippen LogP contribution is -2.11. The molecular weight excluding hydrogens is 399 g/mol. The van der Waals surface area contributed by atoms with Crippen molar-refractivity contribution in [1.29, 1.82) is 0 Å². The topological polar surface area (TPSA) is 62.2 Å². The van der Waals surface area contributed by atoms with Crippen molar-refractivity contribution in [3.8, 4) is 5.75 Å². The Balaban J connectivity index is 1.87. The zero-order chi connectivity index (χ0) is 15.0. The Morgan fingerprint density at radius 1 is 1.29 bits per heavy atom. The van der Waals surface area contributed by atoms with Gasteiger partial charge in [-0.2, -0.15) is 0 Å². The molecule has 0 aliphatic carbocycles. The van der Waals surface area contributed by atoms with Crippen molar-refractivity contribution in [1.82, 2.24) is 4.98 Å². The van der Waals surface area contributed by atoms with Crippen molar-refractivity contribution in [3.63, 3.8) is 0 Å². The molecular formula is C15H11IN2O2S. The summed E-state index contributed by atoms with van der Waals surface area (Å²) in [5, 5.41) is 13.0. The first-order valence-electron chi connectivity index (χ1n) is 6.20. The molecule has 0 aliphatic heterocycles. The molecule has 0 saturated carbocycles. The van der Waals surface area contributed by atoms with Crippen LogP contribution in [-0.2, 0) is 0 Å². The van der Waals surface area contributed by atoms with E-state index in [0.717, 1.165) is 15.8 Å². The fourth-order valence-electron chi connectivity index (χ4n) is 1.91. The predicted molar refractivity (Wildman–Crippen MR) is 93.1 cm³/mol. The number of carbonyl (C=O) groups is 1. The Morgan fingerprint density at radius 3 is 2.86 bits per heavy atom. The van der Waals surface area contributed by atoms with Gasteiger partial charge in [0.05, 0.1) is 13.8 Å². The van der Waals surface area contributed by atoms with Crippen molar-refractivity contribution >= 4 is 55.2 Å². The van der Waals surface area contributed by atoms with Crippen LogP contribution in [0.1, 0.15) is 15.9 Å². The molecule has 3 aromatic rings. The molecule has 0 fully saturated rings. The number of phenolic OH excluding ortho intramolecular Hbond substituents is 1. The number of aromatic nitrogens is 1. The average molecular weight is 410 g/mol. The smallest absolute Gasteiger partial charge is 0.257 e. The van der Waals surface area contributed by atoms with Gasteiger partial charge in [-0.05, 0) is 65.4 Å². The van der Waals surface area contributed by atoms with Crippen molar-refractivity contribution < 1.29 is 9.90 Å². The third-order valence-corrected chi connectivity index (χ3v) is 4.82. The number of halogens is 1. The van der Waals surface area contributed by atoms with Gasteiger partial charge in [0.2, 0.25) is 0 Å². The van der Waals surface area contributed by atoms with Crippen LogP contribution in [0.4, 0.5) is 5.13 Å². The zero-order valence-electron chi connectivity index (χ0n) is 11.1. The number of hydrogen-bond acceptors (Lipinski definition) is 4. The number of amides is 1. The van der Waals surface area contributed by atoms with E-state index in [4.69, 9.17) is 0 Å². The minimum Gasteiger partial charge on any atom is -0.507 e. The van der Waals surface area contributed by atoms with E-state index in [1.165, 1.54) is 17.4 Å². The first kappa shape index (κ1) is 14.3. The summed E-state index contributed by atoms with van der Waals surface area (Å²) in [5.41, 5.74) is 2.43. The van der Waals surface area contributed by atoms with Gasteiger partial charge in [-0.1, -0.05) is 17.4 Å². The van der Waals surface area contributed by atoms with Crippen LogP contribution >= 0.6 is 33.9 Å². The molecule has 0 aliphatic rings. The van der Waals surface area contributed by atoms with Gasteiger partial charge in [0.1, 0.15) is 5.75 Å². The van der Waals surface area contributed by atoms with E-state index in [1.54, 1.807) is 12.1 Å². The highest BCUT2D eigenvalue weighted by atomic mass is 127. The van der Waals surface area contributed by atoms with E-state index in [2.05, 4.69) is 10.3 Å². The average Bonchev–Trinajstić information content (AvgIpc) is 2.83. The Labute approximate surface area is 139 Å². The first-order valence-corrected chi connectivity index (χ1v) is 8.09. The molecule has 0 saturated heterocycles. The fraction of sp³-hybridized carbons (Fsp3) is 0.0667. The predicted octanol–water partition coefficient (Wildman–Crippen LogP) is 4.17. The minimum atomic E-state index is -0.280. The molecule has 0 radical (unpaired) electrons. The molecule has 0 bridgehead atoms. The second kappa shape index (κ2) is 5.61. The van der Waals surface area contributed by atoms with Crippen LogP contribution in [0.3, 0.4) is 0 Å². The van der Waals surface area contributed by atoms with Crippen LogP contribution in [0, 0.1) is 10.5 Å². The quantitative estimate of drug-likeness (QED) is 0.624. The van der Waals surface area contributed by atoms with Gasteiger partial charge >= 0.3 is 0 Å². The number of aromatic hydroxyl groups is 1. The highest BCUT2D eigenvalue weighted by Crippen LogP contribution is 2.27. The van der Waals surface area contributed by atoms with Crippen LogP contribution in [0.5, 0.6) is 5.75 Å². The number of nitrogens with one attached hydrogen (secondary N) is 1. The molecule has 21 heavy (non-hydrogen) atoms. The number of rotatable bonds is 2. The highest BCUT2D eigenvalue weighted by molar-refractivity contribution is 14.1. The molecule has 1 aromatic heterocycles. The van der Waals surface area contributed by atoms with Gasteiger partial charge in [0, 0.05) is 5.56 Å². The summed E-state index contributed by atoms with van der Waals surface area (Å²) in [6, 6.07) is 10.8. The Morgan fingerprint density at radius 2 is 2.10 bits per heavy atom. The van der Waals surface area contributed by atoms with E-state index >= 15 is 0 Å². The molecule has 0 spiro atoms. The molecule has 6 heteroatoms. The van der Waals surface area contributed by atoms with Crippen molar-refractivity contribution in [2.45, 2.75) is 6.92 Å². The summed E-state index contributed by atoms with van der Waals surface area (Å²) < 4.78 is 1.75. The monoisotopic (exact) mass is 410 g/mol. The Kier molecular flexibility index (Phi) is 3.81. The van der Waals surface area contributed by atoms with Crippen LogP contribution in [0.2, 0.25) is 0 Å². The third-order valence-electron chi connectivity index (χ3n) is 2.97. The maximum absolute atomic E-state index is 12.2. The largest absolute Gasteiger partial charge is 0.507 e. The summed E-state index contributed by atoms with van der Waals surface area (Å²) in [6.07, 6.45) is 0. The third kappa shape index (κ3) is 3.01. The zero-order valence-corrected chi connectivity index (χ0v) is 14.0. The molecule has 3 rings (SSSR count). The van der Waals surface area contributed by atoms with Gasteiger partial charge in [-0.3, -0.25) is 10.1 Å². The van der Waals surface area contributed by atoms with Crippen molar-refractivity contribution in [2.24, 2.45) is 0 Å². The number of anilines is 1. The lowest BCUT2D eigenvalue weighted by molar-refractivity contribution is 0.102. The second-order valence-electron chi connectivity index (χ2n) is 4.61. The van der Waals surface area contributed by atoms with E-state index in [0.29, 0.717) is 14.3 Å². The van der Waals surface area contributed by atoms with Gasteiger partial charge in [-0.25, -0.2) is 4.98 Å². The number of phenols is 1. The van der Waals surface area contributed by atoms with Gasteiger partial charge < -0.3 is 5.11 Å². The Bertz CT molecular complexity index is 845. The van der Waals surface area contributed by atoms with E-state index < -0.39 is 0 Å². The highest BCUT2D eigenvalue weighted by Gasteiger charge is 2.11. The first-order chi connectivity index (χ1) is 10.0. The van der Waals surface area contributed by atoms with Crippen molar-refractivity contribution in [3.05, 3.63) is 51.1 Å². The Hall–Kier alpha value is -1.67. The normalized spacial score (nSPS) is 10.8. The summed E-state index contributed by atoms with van der Waals surface area (Å²) >= 11 is 3.44. The lowest BCUT2D eigenvalue weighted by atomic mass is 10.2. The van der Waals surface area contributed by atoms with E-state index in [-0.39, 0.29) is 11.7 Å². The standard InChI is InChI=1S/C15H11IN2O2S/c1-8-2-5-11-13(6-8)21-15(17-11)18-14(20)9-3-4-10(16)12(19)7-9/h2-7,19H,1H3,(H,17,18,20). The number of thiazole rings is 1. The summed E-state index contributed by atoms with van der Waals surface area (Å²) in [5.74, 6) is -0.180. The number of carbonyl (C=O) groups excluding carboxylic acids is 1. The molecule has 1 amide bonds. The van der Waals surface area contributed by atoms with Crippen LogP contribution in [-0.4, -0.2) is 16.0 Å². The van der Waals surface area contributed by atoms with Crippen LogP contribution in [0.25, 0.3) is 10.2 Å². The molecule has 0 atom stereocenters. The second-order valence-corrected chi connectivity index (χ2v) is 6.80. The van der Waals surface area contributed by atoms with Crippen LogP contribution < -0.4 is 5.32 Å².